The van der Waals surface area contributed by atoms with Crippen molar-refractivity contribution in [2.75, 3.05) is 13.2 Å². The highest BCUT2D eigenvalue weighted by Gasteiger charge is 2.30. The molecule has 0 spiro atoms. The van der Waals surface area contributed by atoms with Crippen molar-refractivity contribution in [3.8, 4) is 17.0 Å². The normalized spacial score (nSPS) is 18.6. The SMILES string of the molecule is OC1Cc2ccccc2C1NC[C@@H](O)COc1ccc(-c2noc3cc(F)ccc23)cc1. The highest BCUT2D eigenvalue weighted by atomic mass is 19.1. The topological polar surface area (TPSA) is 87.8 Å². The Hall–Kier alpha value is -3.26. The zero-order chi connectivity index (χ0) is 22.1. The average Bonchev–Trinajstić information content (AvgIpc) is 3.36. The summed E-state index contributed by atoms with van der Waals surface area (Å²) < 4.78 is 24.3. The second-order valence-electron chi connectivity index (χ2n) is 8.02. The van der Waals surface area contributed by atoms with Crippen LogP contribution in [0.2, 0.25) is 0 Å². The van der Waals surface area contributed by atoms with E-state index in [9.17, 15) is 14.6 Å². The fourth-order valence-corrected chi connectivity index (χ4v) is 4.16. The Morgan fingerprint density at radius 3 is 2.78 bits per heavy atom. The van der Waals surface area contributed by atoms with Crippen LogP contribution >= 0.6 is 0 Å². The van der Waals surface area contributed by atoms with Crippen LogP contribution in [0.25, 0.3) is 22.2 Å². The van der Waals surface area contributed by atoms with Gasteiger partial charge in [0.25, 0.3) is 0 Å². The summed E-state index contributed by atoms with van der Waals surface area (Å²) in [5, 5.41) is 28.7. The number of hydrogen-bond donors (Lipinski definition) is 3. The van der Waals surface area contributed by atoms with Gasteiger partial charge in [-0.1, -0.05) is 29.4 Å². The van der Waals surface area contributed by atoms with E-state index in [0.29, 0.717) is 30.0 Å². The lowest BCUT2D eigenvalue weighted by Gasteiger charge is -2.20. The molecule has 3 atom stereocenters. The lowest BCUT2D eigenvalue weighted by atomic mass is 10.1. The molecule has 3 N–H and O–H groups in total. The van der Waals surface area contributed by atoms with Gasteiger partial charge in [-0.15, -0.1) is 0 Å². The molecule has 2 unspecified atom stereocenters. The third-order valence-corrected chi connectivity index (χ3v) is 5.78. The minimum Gasteiger partial charge on any atom is -0.491 e. The zero-order valence-electron chi connectivity index (χ0n) is 17.2. The van der Waals surface area contributed by atoms with Crippen LogP contribution in [-0.4, -0.2) is 40.7 Å². The van der Waals surface area contributed by atoms with Crippen LogP contribution in [0.4, 0.5) is 4.39 Å². The largest absolute Gasteiger partial charge is 0.491 e. The Kier molecular flexibility index (Phi) is 5.61. The second kappa shape index (κ2) is 8.70. The standard InChI is InChI=1S/C25H23FN2O4/c26-17-7-10-21-23(12-17)32-28-24(21)15-5-8-19(9-6-15)31-14-18(29)13-27-25-20-4-2-1-3-16(20)11-22(25)30/h1-10,12,18,22,25,27,29-30H,11,13-14H2/t18-,22?,25?/m1/s1. The van der Waals surface area contributed by atoms with Gasteiger partial charge in [-0.05, 0) is 47.5 Å². The number of nitrogens with zero attached hydrogens (tertiary/aromatic N) is 1. The maximum atomic E-state index is 13.3. The van der Waals surface area contributed by atoms with E-state index in [-0.39, 0.29) is 18.5 Å². The molecule has 0 bridgehead atoms. The van der Waals surface area contributed by atoms with E-state index in [4.69, 9.17) is 9.26 Å². The minimum atomic E-state index is -0.732. The van der Waals surface area contributed by atoms with Crippen molar-refractivity contribution in [2.24, 2.45) is 0 Å². The van der Waals surface area contributed by atoms with Crippen LogP contribution in [0.1, 0.15) is 17.2 Å². The highest BCUT2D eigenvalue weighted by Crippen LogP contribution is 2.31. The van der Waals surface area contributed by atoms with Gasteiger partial charge in [0.05, 0.1) is 12.1 Å². The molecular weight excluding hydrogens is 411 g/mol. The van der Waals surface area contributed by atoms with Gasteiger partial charge in [0.2, 0.25) is 0 Å². The number of aromatic nitrogens is 1. The first-order valence-electron chi connectivity index (χ1n) is 10.5. The summed E-state index contributed by atoms with van der Waals surface area (Å²) in [6.07, 6.45) is -0.621. The van der Waals surface area contributed by atoms with Crippen molar-refractivity contribution in [3.05, 3.63) is 83.7 Å². The Bertz CT molecular complexity index is 1220. The van der Waals surface area contributed by atoms with Gasteiger partial charge >= 0.3 is 0 Å². The molecule has 0 amide bonds. The first-order valence-corrected chi connectivity index (χ1v) is 10.5. The molecular formula is C25H23FN2O4. The molecule has 0 aliphatic heterocycles. The number of fused-ring (bicyclic) bond motifs is 2. The average molecular weight is 434 g/mol. The number of aliphatic hydroxyl groups excluding tert-OH is 2. The molecule has 7 heteroatoms. The molecule has 0 saturated heterocycles. The van der Waals surface area contributed by atoms with Gasteiger partial charge in [0, 0.05) is 30.0 Å². The quantitative estimate of drug-likeness (QED) is 0.412. The summed E-state index contributed by atoms with van der Waals surface area (Å²) in [7, 11) is 0. The molecule has 0 fully saturated rings. The monoisotopic (exact) mass is 434 g/mol. The van der Waals surface area contributed by atoms with Gasteiger partial charge in [0.15, 0.2) is 5.58 Å². The van der Waals surface area contributed by atoms with E-state index in [1.54, 1.807) is 18.2 Å². The van der Waals surface area contributed by atoms with Crippen LogP contribution < -0.4 is 10.1 Å². The minimum absolute atomic E-state index is 0.114. The van der Waals surface area contributed by atoms with Crippen molar-refractivity contribution in [2.45, 2.75) is 24.7 Å². The van der Waals surface area contributed by atoms with Crippen LogP contribution in [0, 0.1) is 5.82 Å². The van der Waals surface area contributed by atoms with Crippen LogP contribution in [0.15, 0.2) is 71.3 Å². The molecule has 1 aliphatic carbocycles. The van der Waals surface area contributed by atoms with Gasteiger partial charge < -0.3 is 24.8 Å². The maximum absolute atomic E-state index is 13.3. The molecule has 6 nitrogen and oxygen atoms in total. The van der Waals surface area contributed by atoms with Crippen LogP contribution in [0.3, 0.4) is 0 Å². The first-order chi connectivity index (χ1) is 15.6. The smallest absolute Gasteiger partial charge is 0.170 e. The van der Waals surface area contributed by atoms with Gasteiger partial charge in [-0.25, -0.2) is 4.39 Å². The summed E-state index contributed by atoms with van der Waals surface area (Å²) in [5.74, 6) is 0.238. The number of hydrogen-bond acceptors (Lipinski definition) is 6. The van der Waals surface area contributed by atoms with Gasteiger partial charge in [-0.3, -0.25) is 0 Å². The number of aliphatic hydroxyl groups is 2. The van der Waals surface area contributed by atoms with Crippen molar-refractivity contribution < 1.29 is 23.9 Å². The third-order valence-electron chi connectivity index (χ3n) is 5.78. The number of halogens is 1. The molecule has 164 valence electrons. The van der Waals surface area contributed by atoms with E-state index in [0.717, 1.165) is 22.1 Å². The summed E-state index contributed by atoms with van der Waals surface area (Å²) in [6.45, 7) is 0.415. The van der Waals surface area contributed by atoms with Crippen molar-refractivity contribution in [1.82, 2.24) is 10.5 Å². The predicted octanol–water partition coefficient (Wildman–Crippen LogP) is 3.62. The molecule has 32 heavy (non-hydrogen) atoms. The first kappa shape index (κ1) is 20.6. The maximum Gasteiger partial charge on any atom is 0.170 e. The van der Waals surface area contributed by atoms with E-state index in [1.165, 1.54) is 12.1 Å². The van der Waals surface area contributed by atoms with E-state index in [1.807, 2.05) is 36.4 Å². The predicted molar refractivity (Wildman–Crippen MR) is 118 cm³/mol. The Labute approximate surface area is 184 Å². The van der Waals surface area contributed by atoms with Crippen molar-refractivity contribution in [3.63, 3.8) is 0 Å². The van der Waals surface area contributed by atoms with Crippen molar-refractivity contribution >= 4 is 11.0 Å². The fourth-order valence-electron chi connectivity index (χ4n) is 4.16. The molecule has 0 saturated carbocycles. The molecule has 4 aromatic rings. The summed E-state index contributed by atoms with van der Waals surface area (Å²) in [4.78, 5) is 0. The van der Waals surface area contributed by atoms with Crippen LogP contribution in [-0.2, 0) is 6.42 Å². The number of nitrogens with one attached hydrogen (secondary N) is 1. The lowest BCUT2D eigenvalue weighted by Crippen LogP contribution is -2.37. The molecule has 5 rings (SSSR count). The van der Waals surface area contributed by atoms with E-state index in [2.05, 4.69) is 10.5 Å². The molecule has 1 aromatic heterocycles. The van der Waals surface area contributed by atoms with E-state index >= 15 is 0 Å². The number of benzene rings is 3. The summed E-state index contributed by atoms with van der Waals surface area (Å²) >= 11 is 0. The van der Waals surface area contributed by atoms with Gasteiger partial charge in [-0.2, -0.15) is 0 Å². The van der Waals surface area contributed by atoms with Gasteiger partial charge in [0.1, 0.15) is 30.0 Å². The third kappa shape index (κ3) is 4.10. The highest BCUT2D eigenvalue weighted by molar-refractivity contribution is 5.91. The number of ether oxygens (including phenoxy) is 1. The molecule has 1 aliphatic rings. The summed E-state index contributed by atoms with van der Waals surface area (Å²) in [6, 6.07) is 19.3. The molecule has 0 radical (unpaired) electrons. The second-order valence-corrected chi connectivity index (χ2v) is 8.02. The van der Waals surface area contributed by atoms with Crippen molar-refractivity contribution in [1.29, 1.82) is 0 Å². The molecule has 3 aromatic carbocycles. The summed E-state index contributed by atoms with van der Waals surface area (Å²) in [5.41, 5.74) is 4.05. The Balaban J connectivity index is 1.17. The fraction of sp³-hybridized carbons (Fsp3) is 0.240. The molecule has 1 heterocycles. The Morgan fingerprint density at radius 1 is 1.12 bits per heavy atom. The zero-order valence-corrected chi connectivity index (χ0v) is 17.2. The van der Waals surface area contributed by atoms with E-state index < -0.39 is 12.2 Å². The van der Waals surface area contributed by atoms with Crippen LogP contribution in [0.5, 0.6) is 5.75 Å². The number of rotatable bonds is 7. The lowest BCUT2D eigenvalue weighted by molar-refractivity contribution is 0.0890. The Morgan fingerprint density at radius 2 is 1.94 bits per heavy atom.